The number of nitrogens with one attached hydrogen (secondary N) is 3. The quantitative estimate of drug-likeness (QED) is 0.171. The lowest BCUT2D eigenvalue weighted by Gasteiger charge is -2.23. The third-order valence-corrected chi connectivity index (χ3v) is 4.23. The minimum absolute atomic E-state index is 0.0665. The number of aromatic hydroxyl groups is 1. The van der Waals surface area contributed by atoms with Crippen LogP contribution >= 0.6 is 0 Å². The van der Waals surface area contributed by atoms with E-state index in [1.807, 2.05) is 0 Å². The van der Waals surface area contributed by atoms with Crippen molar-refractivity contribution in [3.05, 3.63) is 29.8 Å². The largest absolute Gasteiger partial charge is 0.508 e. The van der Waals surface area contributed by atoms with E-state index in [1.165, 1.54) is 12.1 Å². The SMILES string of the molecule is NCCCCC(NC(=O)[C@H](Cc1ccc(O)cc1)NC(=O)CN)C(=O)NCC(N)=O. The van der Waals surface area contributed by atoms with Gasteiger partial charge in [0.25, 0.3) is 0 Å². The molecule has 10 N–H and O–H groups in total. The van der Waals surface area contributed by atoms with Crippen LogP contribution in [-0.4, -0.2) is 60.5 Å². The van der Waals surface area contributed by atoms with Gasteiger partial charge in [-0.1, -0.05) is 12.1 Å². The zero-order valence-electron chi connectivity index (χ0n) is 16.7. The third-order valence-electron chi connectivity index (χ3n) is 4.23. The molecule has 11 nitrogen and oxygen atoms in total. The monoisotopic (exact) mass is 422 g/mol. The molecular weight excluding hydrogens is 392 g/mol. The number of amides is 4. The van der Waals surface area contributed by atoms with Crippen LogP contribution in [-0.2, 0) is 25.6 Å². The molecule has 0 radical (unpaired) electrons. The summed E-state index contributed by atoms with van der Waals surface area (Å²) in [6.07, 6.45) is 1.64. The molecule has 0 bridgehead atoms. The number of phenols is 1. The van der Waals surface area contributed by atoms with E-state index in [2.05, 4.69) is 16.0 Å². The van der Waals surface area contributed by atoms with E-state index in [-0.39, 0.29) is 25.3 Å². The third kappa shape index (κ3) is 9.34. The second kappa shape index (κ2) is 13.1. The van der Waals surface area contributed by atoms with Crippen molar-refractivity contribution in [2.24, 2.45) is 17.2 Å². The second-order valence-corrected chi connectivity index (χ2v) is 6.72. The summed E-state index contributed by atoms with van der Waals surface area (Å²) < 4.78 is 0. The molecule has 0 aliphatic carbocycles. The summed E-state index contributed by atoms with van der Waals surface area (Å²) in [6.45, 7) is -0.235. The number of unbranched alkanes of at least 4 members (excludes halogenated alkanes) is 1. The Kier molecular flexibility index (Phi) is 10.9. The molecule has 0 heterocycles. The maximum absolute atomic E-state index is 12.8. The lowest BCUT2D eigenvalue weighted by molar-refractivity contribution is -0.132. The van der Waals surface area contributed by atoms with Crippen LogP contribution in [0.1, 0.15) is 24.8 Å². The summed E-state index contributed by atoms with van der Waals surface area (Å²) in [4.78, 5) is 47.9. The number of hydrogen-bond acceptors (Lipinski definition) is 7. The van der Waals surface area contributed by atoms with Gasteiger partial charge in [0.1, 0.15) is 17.8 Å². The summed E-state index contributed by atoms with van der Waals surface area (Å²) in [5, 5.41) is 16.9. The Labute approximate surface area is 174 Å². The van der Waals surface area contributed by atoms with Crippen LogP contribution in [0.25, 0.3) is 0 Å². The predicted molar refractivity (Wildman–Crippen MR) is 110 cm³/mol. The van der Waals surface area contributed by atoms with Crippen molar-refractivity contribution in [1.29, 1.82) is 0 Å². The molecule has 0 aliphatic rings. The molecular formula is C19H30N6O5. The van der Waals surface area contributed by atoms with Crippen molar-refractivity contribution < 1.29 is 24.3 Å². The maximum atomic E-state index is 12.8. The van der Waals surface area contributed by atoms with Crippen LogP contribution in [0.15, 0.2) is 24.3 Å². The Hall–Kier alpha value is -3.18. The van der Waals surface area contributed by atoms with Crippen LogP contribution < -0.4 is 33.2 Å². The molecule has 1 rings (SSSR count). The summed E-state index contributed by atoms with van der Waals surface area (Å²) in [6, 6.07) is 4.22. The summed E-state index contributed by atoms with van der Waals surface area (Å²) in [5.41, 5.74) is 16.5. The number of nitrogens with two attached hydrogens (primary N) is 3. The number of hydrogen-bond donors (Lipinski definition) is 7. The number of benzene rings is 1. The summed E-state index contributed by atoms with van der Waals surface area (Å²) >= 11 is 0. The fourth-order valence-electron chi connectivity index (χ4n) is 2.66. The second-order valence-electron chi connectivity index (χ2n) is 6.72. The molecule has 4 amide bonds. The molecule has 0 spiro atoms. The van der Waals surface area contributed by atoms with E-state index >= 15 is 0 Å². The van der Waals surface area contributed by atoms with Crippen LogP contribution in [0.2, 0.25) is 0 Å². The van der Waals surface area contributed by atoms with E-state index < -0.39 is 35.7 Å². The van der Waals surface area contributed by atoms with Gasteiger partial charge in [-0.2, -0.15) is 0 Å². The van der Waals surface area contributed by atoms with Gasteiger partial charge >= 0.3 is 0 Å². The van der Waals surface area contributed by atoms with Crippen molar-refractivity contribution >= 4 is 23.6 Å². The van der Waals surface area contributed by atoms with E-state index in [9.17, 15) is 24.3 Å². The highest BCUT2D eigenvalue weighted by Gasteiger charge is 2.26. The van der Waals surface area contributed by atoms with Gasteiger partial charge < -0.3 is 38.3 Å². The Bertz CT molecular complexity index is 725. The van der Waals surface area contributed by atoms with Crippen LogP contribution in [0.3, 0.4) is 0 Å². The fourth-order valence-corrected chi connectivity index (χ4v) is 2.66. The number of phenolic OH excluding ortho intramolecular Hbond substituents is 1. The van der Waals surface area contributed by atoms with E-state index in [0.29, 0.717) is 31.4 Å². The zero-order valence-corrected chi connectivity index (χ0v) is 16.7. The van der Waals surface area contributed by atoms with Crippen molar-refractivity contribution in [3.8, 4) is 5.75 Å². The predicted octanol–water partition coefficient (Wildman–Crippen LogP) is -2.41. The molecule has 30 heavy (non-hydrogen) atoms. The van der Waals surface area contributed by atoms with Crippen molar-refractivity contribution in [3.63, 3.8) is 0 Å². The van der Waals surface area contributed by atoms with E-state index in [0.717, 1.165) is 0 Å². The van der Waals surface area contributed by atoms with Gasteiger partial charge in [0, 0.05) is 6.42 Å². The van der Waals surface area contributed by atoms with Gasteiger partial charge in [0.05, 0.1) is 13.1 Å². The maximum Gasteiger partial charge on any atom is 0.243 e. The highest BCUT2D eigenvalue weighted by atomic mass is 16.3. The molecule has 2 atom stereocenters. The molecule has 0 fully saturated rings. The Balaban J connectivity index is 2.91. The molecule has 0 aliphatic heterocycles. The molecule has 1 aromatic rings. The normalized spacial score (nSPS) is 12.5. The first kappa shape index (κ1) is 24.9. The smallest absolute Gasteiger partial charge is 0.243 e. The first-order valence-electron chi connectivity index (χ1n) is 9.60. The Morgan fingerprint density at radius 3 is 2.17 bits per heavy atom. The topological polar surface area (TPSA) is 203 Å². The first-order chi connectivity index (χ1) is 14.3. The summed E-state index contributed by atoms with van der Waals surface area (Å²) in [7, 11) is 0. The summed E-state index contributed by atoms with van der Waals surface area (Å²) in [5.74, 6) is -2.33. The van der Waals surface area contributed by atoms with Crippen molar-refractivity contribution in [2.45, 2.75) is 37.8 Å². The highest BCUT2D eigenvalue weighted by Crippen LogP contribution is 2.12. The first-order valence-corrected chi connectivity index (χ1v) is 9.60. The van der Waals surface area contributed by atoms with Gasteiger partial charge in [-0.25, -0.2) is 0 Å². The standard InChI is InChI=1S/C19H30N6O5/c20-8-2-1-3-14(18(29)23-11-16(22)27)25-19(30)15(24-17(28)10-21)9-12-4-6-13(26)7-5-12/h4-7,14-15,26H,1-3,8-11,20-21H2,(H2,22,27)(H,23,29)(H,24,28)(H,25,30)/t14?,15-/m0/s1. The van der Waals surface area contributed by atoms with E-state index in [1.54, 1.807) is 12.1 Å². The van der Waals surface area contributed by atoms with Gasteiger partial charge in [0.2, 0.25) is 23.6 Å². The average Bonchev–Trinajstić information content (AvgIpc) is 2.72. The Morgan fingerprint density at radius 2 is 1.60 bits per heavy atom. The fraction of sp³-hybridized carbons (Fsp3) is 0.474. The average molecular weight is 422 g/mol. The van der Waals surface area contributed by atoms with Crippen molar-refractivity contribution in [1.82, 2.24) is 16.0 Å². The molecule has 166 valence electrons. The molecule has 1 unspecified atom stereocenters. The molecule has 0 saturated heterocycles. The van der Waals surface area contributed by atoms with Crippen molar-refractivity contribution in [2.75, 3.05) is 19.6 Å². The van der Waals surface area contributed by atoms with Crippen LogP contribution in [0, 0.1) is 0 Å². The van der Waals surface area contributed by atoms with Gasteiger partial charge in [0.15, 0.2) is 0 Å². The lowest BCUT2D eigenvalue weighted by Crippen LogP contribution is -2.55. The Morgan fingerprint density at radius 1 is 0.933 bits per heavy atom. The molecule has 1 aromatic carbocycles. The minimum Gasteiger partial charge on any atom is -0.508 e. The molecule has 0 aromatic heterocycles. The van der Waals surface area contributed by atoms with Gasteiger partial charge in [-0.15, -0.1) is 0 Å². The molecule has 0 saturated carbocycles. The number of carbonyl (C=O) groups excluding carboxylic acids is 4. The zero-order chi connectivity index (χ0) is 22.5. The number of primary amides is 1. The van der Waals surface area contributed by atoms with Gasteiger partial charge in [-0.05, 0) is 43.5 Å². The highest BCUT2D eigenvalue weighted by molar-refractivity contribution is 5.93. The number of carbonyl (C=O) groups is 4. The lowest BCUT2D eigenvalue weighted by atomic mass is 10.0. The van der Waals surface area contributed by atoms with E-state index in [4.69, 9.17) is 17.2 Å². The van der Waals surface area contributed by atoms with Crippen LogP contribution in [0.5, 0.6) is 5.75 Å². The minimum atomic E-state index is -0.994. The van der Waals surface area contributed by atoms with Crippen LogP contribution in [0.4, 0.5) is 0 Å². The number of rotatable bonds is 13. The van der Waals surface area contributed by atoms with Gasteiger partial charge in [-0.3, -0.25) is 19.2 Å². The molecule has 11 heteroatoms.